The monoisotopic (exact) mass is 360 g/mol. The normalized spacial score (nSPS) is 11.1. The molecular formula is C14H15BrF2N2S. The number of hydrogen-bond acceptors (Lipinski definition) is 3. The van der Waals surface area contributed by atoms with Crippen molar-refractivity contribution in [1.82, 2.24) is 10.3 Å². The maximum Gasteiger partial charge on any atom is 0.173 e. The topological polar surface area (TPSA) is 24.9 Å². The Bertz CT molecular complexity index is 590. The molecule has 0 unspecified atom stereocenters. The molecule has 1 heterocycles. The summed E-state index contributed by atoms with van der Waals surface area (Å²) in [6.07, 6.45) is 1.88. The minimum Gasteiger partial charge on any atom is -0.315 e. The van der Waals surface area contributed by atoms with Crippen molar-refractivity contribution in [3.8, 4) is 10.6 Å². The van der Waals surface area contributed by atoms with Crippen molar-refractivity contribution in [1.29, 1.82) is 0 Å². The van der Waals surface area contributed by atoms with Crippen LogP contribution >= 0.6 is 27.3 Å². The van der Waals surface area contributed by atoms with E-state index in [1.54, 1.807) is 6.07 Å². The molecule has 0 fully saturated rings. The fourth-order valence-electron chi connectivity index (χ4n) is 1.92. The first-order valence-electron chi connectivity index (χ1n) is 6.35. The van der Waals surface area contributed by atoms with Gasteiger partial charge >= 0.3 is 0 Å². The summed E-state index contributed by atoms with van der Waals surface area (Å²) in [6.45, 7) is 2.82. The molecule has 0 saturated heterocycles. The van der Waals surface area contributed by atoms with Gasteiger partial charge in [-0.1, -0.05) is 13.3 Å². The Morgan fingerprint density at radius 3 is 2.75 bits per heavy atom. The third-order valence-corrected chi connectivity index (χ3v) is 4.77. The molecule has 0 spiro atoms. The number of nitrogens with zero attached hydrogens (tertiary/aromatic N) is 1. The molecule has 2 rings (SSSR count). The Morgan fingerprint density at radius 2 is 2.10 bits per heavy atom. The molecule has 0 aliphatic carbocycles. The van der Waals surface area contributed by atoms with E-state index in [1.165, 1.54) is 11.3 Å². The van der Waals surface area contributed by atoms with Gasteiger partial charge in [0.2, 0.25) is 0 Å². The van der Waals surface area contributed by atoms with Gasteiger partial charge in [0.05, 0.1) is 10.2 Å². The van der Waals surface area contributed by atoms with Crippen molar-refractivity contribution >= 4 is 27.3 Å². The van der Waals surface area contributed by atoms with E-state index in [1.807, 2.05) is 7.05 Å². The molecule has 0 aliphatic heterocycles. The van der Waals surface area contributed by atoms with E-state index < -0.39 is 11.6 Å². The highest BCUT2D eigenvalue weighted by atomic mass is 79.9. The van der Waals surface area contributed by atoms with Crippen LogP contribution in [0.3, 0.4) is 0 Å². The lowest BCUT2D eigenvalue weighted by atomic mass is 10.2. The molecule has 20 heavy (non-hydrogen) atoms. The fourth-order valence-corrected chi connectivity index (χ4v) is 3.71. The lowest BCUT2D eigenvalue weighted by Gasteiger charge is -2.02. The summed E-state index contributed by atoms with van der Waals surface area (Å²) < 4.78 is 26.9. The standard InChI is InChI=1S/C14H15BrF2N2S/c1-3-4-10-11(7-18-2)20-14(19-10)8-5-6-9(16)13(17)12(8)15/h5-6,18H,3-4,7H2,1-2H3. The van der Waals surface area contributed by atoms with E-state index >= 15 is 0 Å². The van der Waals surface area contributed by atoms with E-state index in [0.717, 1.165) is 36.0 Å². The van der Waals surface area contributed by atoms with Crippen LogP contribution in [0.15, 0.2) is 16.6 Å². The molecule has 0 bridgehead atoms. The van der Waals surface area contributed by atoms with Crippen LogP contribution in [0.1, 0.15) is 23.9 Å². The number of thiazole rings is 1. The van der Waals surface area contributed by atoms with Crippen molar-refractivity contribution in [3.63, 3.8) is 0 Å². The molecule has 2 nitrogen and oxygen atoms in total. The van der Waals surface area contributed by atoms with Gasteiger partial charge in [-0.2, -0.15) is 0 Å². The van der Waals surface area contributed by atoms with Crippen molar-refractivity contribution in [2.45, 2.75) is 26.3 Å². The number of benzene rings is 1. The molecule has 1 N–H and O–H groups in total. The van der Waals surface area contributed by atoms with Crippen molar-refractivity contribution in [3.05, 3.63) is 38.8 Å². The second-order valence-electron chi connectivity index (χ2n) is 4.39. The van der Waals surface area contributed by atoms with E-state index in [9.17, 15) is 8.78 Å². The van der Waals surface area contributed by atoms with E-state index in [4.69, 9.17) is 0 Å². The zero-order valence-electron chi connectivity index (χ0n) is 11.3. The van der Waals surface area contributed by atoms with E-state index in [2.05, 4.69) is 33.2 Å². The Kier molecular flexibility index (Phi) is 5.23. The van der Waals surface area contributed by atoms with Crippen LogP contribution in [0.2, 0.25) is 0 Å². The first kappa shape index (κ1) is 15.5. The summed E-state index contributed by atoms with van der Waals surface area (Å²) in [5.41, 5.74) is 1.62. The van der Waals surface area contributed by atoms with E-state index in [-0.39, 0.29) is 4.47 Å². The van der Waals surface area contributed by atoms with Gasteiger partial charge in [0.1, 0.15) is 5.01 Å². The summed E-state index contributed by atoms with van der Waals surface area (Å²) in [5, 5.41) is 3.82. The lowest BCUT2D eigenvalue weighted by Crippen LogP contribution is -2.05. The highest BCUT2D eigenvalue weighted by Gasteiger charge is 2.17. The predicted molar refractivity (Wildman–Crippen MR) is 81.9 cm³/mol. The molecule has 0 saturated carbocycles. The van der Waals surface area contributed by atoms with Crippen LogP contribution in [0, 0.1) is 11.6 Å². The van der Waals surface area contributed by atoms with Gasteiger partial charge in [-0.15, -0.1) is 11.3 Å². The Balaban J connectivity index is 2.47. The minimum absolute atomic E-state index is 0.130. The largest absolute Gasteiger partial charge is 0.315 e. The number of aromatic nitrogens is 1. The molecule has 6 heteroatoms. The molecule has 108 valence electrons. The maximum atomic E-state index is 13.6. The minimum atomic E-state index is -0.870. The number of hydrogen-bond donors (Lipinski definition) is 1. The third-order valence-electron chi connectivity index (χ3n) is 2.87. The first-order chi connectivity index (χ1) is 9.58. The average molecular weight is 361 g/mol. The Morgan fingerprint density at radius 1 is 1.35 bits per heavy atom. The van der Waals surface area contributed by atoms with Crippen molar-refractivity contribution < 1.29 is 8.78 Å². The Hall–Kier alpha value is -0.850. The predicted octanol–water partition coefficient (Wildman–Crippen LogP) is 4.52. The lowest BCUT2D eigenvalue weighted by molar-refractivity contribution is 0.505. The van der Waals surface area contributed by atoms with Crippen LogP contribution in [0.25, 0.3) is 10.6 Å². The van der Waals surface area contributed by atoms with Gasteiger partial charge in [-0.25, -0.2) is 13.8 Å². The molecule has 2 aromatic rings. The molecule has 0 atom stereocenters. The van der Waals surface area contributed by atoms with Gasteiger partial charge in [0.25, 0.3) is 0 Å². The van der Waals surface area contributed by atoms with Crippen LogP contribution in [0.5, 0.6) is 0 Å². The van der Waals surface area contributed by atoms with Crippen LogP contribution < -0.4 is 5.32 Å². The van der Waals surface area contributed by atoms with Crippen LogP contribution in [-0.2, 0) is 13.0 Å². The maximum absolute atomic E-state index is 13.6. The number of halogens is 3. The second-order valence-corrected chi connectivity index (χ2v) is 6.27. The van der Waals surface area contributed by atoms with Crippen molar-refractivity contribution in [2.24, 2.45) is 0 Å². The van der Waals surface area contributed by atoms with Crippen molar-refractivity contribution in [2.75, 3.05) is 7.05 Å². The summed E-state index contributed by atoms with van der Waals surface area (Å²) in [6, 6.07) is 2.69. The molecule has 1 aromatic carbocycles. The molecular weight excluding hydrogens is 346 g/mol. The van der Waals surface area contributed by atoms with Gasteiger partial charge in [-0.05, 0) is 41.5 Å². The van der Waals surface area contributed by atoms with Gasteiger partial charge < -0.3 is 5.32 Å². The number of rotatable bonds is 5. The summed E-state index contributed by atoms with van der Waals surface area (Å²) in [4.78, 5) is 5.72. The SMILES string of the molecule is CCCc1nc(-c2ccc(F)c(F)c2Br)sc1CNC. The summed E-state index contributed by atoms with van der Waals surface area (Å²) in [7, 11) is 1.88. The summed E-state index contributed by atoms with van der Waals surface area (Å²) >= 11 is 4.63. The Labute approximate surface area is 129 Å². The fraction of sp³-hybridized carbons (Fsp3) is 0.357. The highest BCUT2D eigenvalue weighted by molar-refractivity contribution is 9.10. The molecule has 0 aliphatic rings. The zero-order chi connectivity index (χ0) is 14.7. The second kappa shape index (κ2) is 6.74. The average Bonchev–Trinajstić information content (AvgIpc) is 2.80. The number of nitrogens with one attached hydrogen (secondary N) is 1. The van der Waals surface area contributed by atoms with Gasteiger partial charge in [-0.3, -0.25) is 0 Å². The molecule has 1 aromatic heterocycles. The zero-order valence-corrected chi connectivity index (χ0v) is 13.7. The number of aryl methyl sites for hydroxylation is 1. The first-order valence-corrected chi connectivity index (χ1v) is 7.96. The molecule has 0 radical (unpaired) electrons. The molecule has 0 amide bonds. The third kappa shape index (κ3) is 3.07. The van der Waals surface area contributed by atoms with Crippen LogP contribution in [0.4, 0.5) is 8.78 Å². The highest BCUT2D eigenvalue weighted by Crippen LogP contribution is 2.35. The van der Waals surface area contributed by atoms with Gasteiger partial charge in [0.15, 0.2) is 11.6 Å². The van der Waals surface area contributed by atoms with Crippen LogP contribution in [-0.4, -0.2) is 12.0 Å². The quantitative estimate of drug-likeness (QED) is 0.792. The summed E-state index contributed by atoms with van der Waals surface area (Å²) in [5.74, 6) is -1.73. The van der Waals surface area contributed by atoms with E-state index in [0.29, 0.717) is 10.6 Å². The van der Waals surface area contributed by atoms with Gasteiger partial charge in [0, 0.05) is 17.0 Å². The smallest absolute Gasteiger partial charge is 0.173 e.